The summed E-state index contributed by atoms with van der Waals surface area (Å²) in [5, 5.41) is 0. The van der Waals surface area contributed by atoms with Gasteiger partial charge in [-0.2, -0.15) is 0 Å². The molecule has 0 aromatic heterocycles. The molecule has 0 aromatic rings. The molecule has 146 valence electrons. The lowest BCUT2D eigenvalue weighted by atomic mass is 9.62. The quantitative estimate of drug-likeness (QED) is 0.527. The lowest BCUT2D eigenvalue weighted by molar-refractivity contribution is -0.158. The molecule has 5 nitrogen and oxygen atoms in total. The Labute approximate surface area is 156 Å². The summed E-state index contributed by atoms with van der Waals surface area (Å²) in [6, 6.07) is 0. The summed E-state index contributed by atoms with van der Waals surface area (Å²) < 4.78 is 17.9. The highest BCUT2D eigenvalue weighted by Gasteiger charge is 2.60. The Hall–Kier alpha value is -0.940. The minimum absolute atomic E-state index is 0.0521. The third kappa shape index (κ3) is 3.11. The molecule has 0 amide bonds. The number of carbonyl (C=O) groups is 2. The fourth-order valence-electron chi connectivity index (χ4n) is 5.78. The Morgan fingerprint density at radius 3 is 2.54 bits per heavy atom. The van der Waals surface area contributed by atoms with Crippen molar-refractivity contribution in [2.45, 2.75) is 96.2 Å². The van der Waals surface area contributed by atoms with E-state index in [1.807, 2.05) is 6.92 Å². The Kier molecular flexibility index (Phi) is 4.27. The number of fused-ring (bicyclic) bond motifs is 4. The second-order valence-electron chi connectivity index (χ2n) is 9.62. The molecule has 2 saturated carbocycles. The second kappa shape index (κ2) is 6.03. The van der Waals surface area contributed by atoms with Gasteiger partial charge in [-0.3, -0.25) is 9.59 Å². The van der Waals surface area contributed by atoms with Crippen molar-refractivity contribution in [2.24, 2.45) is 23.7 Å². The van der Waals surface area contributed by atoms with E-state index in [0.29, 0.717) is 30.5 Å². The van der Waals surface area contributed by atoms with Gasteiger partial charge in [0.05, 0.1) is 23.4 Å². The topological polar surface area (TPSA) is 68.4 Å². The zero-order valence-electron chi connectivity index (χ0n) is 16.6. The van der Waals surface area contributed by atoms with Crippen LogP contribution in [0.5, 0.6) is 0 Å². The molecule has 4 rings (SSSR count). The van der Waals surface area contributed by atoms with Gasteiger partial charge in [-0.15, -0.1) is 0 Å². The van der Waals surface area contributed by atoms with Crippen molar-refractivity contribution in [3.63, 3.8) is 0 Å². The largest absolute Gasteiger partial charge is 0.462 e. The van der Waals surface area contributed by atoms with E-state index in [9.17, 15) is 9.59 Å². The van der Waals surface area contributed by atoms with Crippen LogP contribution in [0.1, 0.15) is 66.7 Å². The van der Waals surface area contributed by atoms with Crippen LogP contribution in [0.3, 0.4) is 0 Å². The maximum absolute atomic E-state index is 12.8. The van der Waals surface area contributed by atoms with E-state index in [4.69, 9.17) is 14.2 Å². The van der Waals surface area contributed by atoms with Crippen molar-refractivity contribution in [1.82, 2.24) is 0 Å². The molecule has 0 aromatic carbocycles. The Balaban J connectivity index is 1.65. The molecule has 2 aliphatic carbocycles. The molecule has 0 N–H and O–H groups in total. The number of hydrogen-bond donors (Lipinski definition) is 0. The van der Waals surface area contributed by atoms with Gasteiger partial charge in [0.25, 0.3) is 0 Å². The van der Waals surface area contributed by atoms with Crippen molar-refractivity contribution in [3.05, 3.63) is 0 Å². The molecular weight excluding hydrogens is 332 g/mol. The van der Waals surface area contributed by atoms with Gasteiger partial charge in [-0.1, -0.05) is 13.8 Å². The first-order valence-electron chi connectivity index (χ1n) is 10.2. The molecule has 2 bridgehead atoms. The summed E-state index contributed by atoms with van der Waals surface area (Å²) in [5.41, 5.74) is -0.307. The Morgan fingerprint density at radius 2 is 1.85 bits per heavy atom. The van der Waals surface area contributed by atoms with Gasteiger partial charge in [-0.25, -0.2) is 0 Å². The minimum atomic E-state index is -0.269. The zero-order chi connectivity index (χ0) is 18.9. The maximum atomic E-state index is 12.8. The first-order valence-corrected chi connectivity index (χ1v) is 10.2. The minimum Gasteiger partial charge on any atom is -0.462 e. The van der Waals surface area contributed by atoms with Crippen LogP contribution in [0.2, 0.25) is 0 Å². The molecule has 0 spiro atoms. The van der Waals surface area contributed by atoms with Gasteiger partial charge < -0.3 is 14.2 Å². The SMILES string of the molecule is CC(=O)O[C@H]1CC2(C)OC2CCC2(C)OC2CC2CC(=O)C(C)C1C2C. The van der Waals surface area contributed by atoms with Crippen LogP contribution in [0.4, 0.5) is 0 Å². The highest BCUT2D eigenvalue weighted by atomic mass is 16.6. The predicted octanol–water partition coefficient (Wildman–Crippen LogP) is 3.28. The molecule has 4 aliphatic rings. The van der Waals surface area contributed by atoms with Crippen molar-refractivity contribution < 1.29 is 23.8 Å². The van der Waals surface area contributed by atoms with Crippen LogP contribution in [-0.4, -0.2) is 41.3 Å². The molecule has 5 heteroatoms. The Bertz CT molecular complexity index is 618. The summed E-state index contributed by atoms with van der Waals surface area (Å²) in [4.78, 5) is 24.6. The molecule has 8 unspecified atom stereocenters. The van der Waals surface area contributed by atoms with E-state index >= 15 is 0 Å². The van der Waals surface area contributed by atoms with E-state index in [2.05, 4.69) is 20.8 Å². The maximum Gasteiger partial charge on any atom is 0.302 e. The van der Waals surface area contributed by atoms with Crippen molar-refractivity contribution >= 4 is 11.8 Å². The summed E-state index contributed by atoms with van der Waals surface area (Å²) in [6.45, 7) is 10.0. The number of ketones is 1. The average molecular weight is 364 g/mol. The smallest absolute Gasteiger partial charge is 0.302 e. The van der Waals surface area contributed by atoms with Gasteiger partial charge in [0.2, 0.25) is 0 Å². The van der Waals surface area contributed by atoms with Gasteiger partial charge in [0.15, 0.2) is 0 Å². The molecule has 9 atom stereocenters. The lowest BCUT2D eigenvalue weighted by Crippen LogP contribution is -2.47. The third-order valence-corrected chi connectivity index (χ3v) is 7.74. The van der Waals surface area contributed by atoms with Crippen LogP contribution in [0, 0.1) is 23.7 Å². The van der Waals surface area contributed by atoms with Crippen molar-refractivity contribution in [3.8, 4) is 0 Å². The van der Waals surface area contributed by atoms with E-state index < -0.39 is 0 Å². The summed E-state index contributed by atoms with van der Waals surface area (Å²) >= 11 is 0. The average Bonchev–Trinajstić information content (AvgIpc) is 3.38. The van der Waals surface area contributed by atoms with E-state index in [1.165, 1.54) is 6.92 Å². The molecule has 2 heterocycles. The number of esters is 1. The van der Waals surface area contributed by atoms with Crippen molar-refractivity contribution in [1.29, 1.82) is 0 Å². The molecule has 2 aliphatic heterocycles. The van der Waals surface area contributed by atoms with Crippen LogP contribution >= 0.6 is 0 Å². The van der Waals surface area contributed by atoms with Crippen LogP contribution in [0.15, 0.2) is 0 Å². The molecular formula is C21H32O5. The van der Waals surface area contributed by atoms with Crippen LogP contribution in [-0.2, 0) is 23.8 Å². The highest BCUT2D eigenvalue weighted by Crippen LogP contribution is 2.54. The van der Waals surface area contributed by atoms with Crippen molar-refractivity contribution in [2.75, 3.05) is 0 Å². The predicted molar refractivity (Wildman–Crippen MR) is 95.5 cm³/mol. The first kappa shape index (κ1) is 18.4. The second-order valence-corrected chi connectivity index (χ2v) is 9.62. The van der Waals surface area contributed by atoms with E-state index in [-0.39, 0.29) is 47.3 Å². The summed E-state index contributed by atoms with van der Waals surface area (Å²) in [6.07, 6.45) is 4.39. The van der Waals surface area contributed by atoms with E-state index in [1.54, 1.807) is 0 Å². The number of ether oxygens (including phenoxy) is 3. The third-order valence-electron chi connectivity index (χ3n) is 7.74. The lowest BCUT2D eigenvalue weighted by Gasteiger charge is -2.43. The molecule has 0 radical (unpaired) electrons. The standard InChI is InChI=1S/C21H32O5/c1-11-14-8-15(23)12(2)19(11)16(24-13(3)22)10-21(5)17(25-21)6-7-20(4)18(9-14)26-20/h11-12,14,16-19H,6-10H2,1-5H3/t11?,12?,14?,16-,17?,18?,19?,20?,21?/m0/s1. The zero-order valence-corrected chi connectivity index (χ0v) is 16.6. The molecule has 4 fully saturated rings. The fraction of sp³-hybridized carbons (Fsp3) is 0.905. The van der Waals surface area contributed by atoms with E-state index in [0.717, 1.165) is 19.3 Å². The fourth-order valence-corrected chi connectivity index (χ4v) is 5.78. The van der Waals surface area contributed by atoms with Gasteiger partial charge in [0, 0.05) is 31.6 Å². The summed E-state index contributed by atoms with van der Waals surface area (Å²) in [7, 11) is 0. The Morgan fingerprint density at radius 1 is 1.15 bits per heavy atom. The normalized spacial score (nSPS) is 53.4. The summed E-state index contributed by atoms with van der Waals surface area (Å²) in [5.74, 6) is 0.623. The number of rotatable bonds is 1. The number of Topliss-reactive ketones (excluding diaryl/α,β-unsaturated/α-hetero) is 1. The number of hydrogen-bond acceptors (Lipinski definition) is 5. The molecule has 2 saturated heterocycles. The highest BCUT2D eigenvalue weighted by molar-refractivity contribution is 5.82. The van der Waals surface area contributed by atoms with Gasteiger partial charge >= 0.3 is 5.97 Å². The monoisotopic (exact) mass is 364 g/mol. The van der Waals surface area contributed by atoms with Gasteiger partial charge in [0.1, 0.15) is 11.9 Å². The van der Waals surface area contributed by atoms with Crippen LogP contribution in [0.25, 0.3) is 0 Å². The van der Waals surface area contributed by atoms with Crippen LogP contribution < -0.4 is 0 Å². The number of epoxide rings is 2. The van der Waals surface area contributed by atoms with Gasteiger partial charge in [-0.05, 0) is 44.9 Å². The first-order chi connectivity index (χ1) is 12.1. The number of carbonyl (C=O) groups excluding carboxylic acids is 2. The molecule has 26 heavy (non-hydrogen) atoms.